The number of nitrogens with one attached hydrogen (secondary N) is 1. The van der Waals surface area contributed by atoms with Gasteiger partial charge in [-0.2, -0.15) is 0 Å². The van der Waals surface area contributed by atoms with Gasteiger partial charge in [-0.05, 0) is 43.3 Å². The summed E-state index contributed by atoms with van der Waals surface area (Å²) in [4.78, 5) is 36.4. The highest BCUT2D eigenvalue weighted by Crippen LogP contribution is 2.15. The number of fused-ring (bicyclic) bond motifs is 1. The number of halogens is 1. The summed E-state index contributed by atoms with van der Waals surface area (Å²) in [5.74, 6) is -1.68. The van der Waals surface area contributed by atoms with Crippen LogP contribution in [0.15, 0.2) is 63.8 Å². The average Bonchev–Trinajstić information content (AvgIpc) is 2.63. The third kappa shape index (κ3) is 3.92. The van der Waals surface area contributed by atoms with E-state index < -0.39 is 18.0 Å². The highest BCUT2D eigenvalue weighted by atomic mass is 35.5. The van der Waals surface area contributed by atoms with E-state index in [9.17, 15) is 14.4 Å². The van der Waals surface area contributed by atoms with Crippen molar-refractivity contribution in [1.82, 2.24) is 0 Å². The summed E-state index contributed by atoms with van der Waals surface area (Å²) in [7, 11) is 0. The van der Waals surface area contributed by atoms with Gasteiger partial charge < -0.3 is 14.5 Å². The number of esters is 1. The summed E-state index contributed by atoms with van der Waals surface area (Å²) in [6.07, 6.45) is -1.09. The Bertz CT molecular complexity index is 1030. The van der Waals surface area contributed by atoms with Crippen LogP contribution in [-0.2, 0) is 9.53 Å². The molecule has 1 unspecified atom stereocenters. The monoisotopic (exact) mass is 371 g/mol. The van der Waals surface area contributed by atoms with Crippen LogP contribution in [0.5, 0.6) is 0 Å². The van der Waals surface area contributed by atoms with Crippen molar-refractivity contribution >= 4 is 40.1 Å². The molecular weight excluding hydrogens is 358 g/mol. The van der Waals surface area contributed by atoms with Crippen molar-refractivity contribution in [3.63, 3.8) is 0 Å². The lowest BCUT2D eigenvalue weighted by Crippen LogP contribution is -2.30. The van der Waals surface area contributed by atoms with E-state index in [0.717, 1.165) is 6.07 Å². The second-order valence-corrected chi connectivity index (χ2v) is 5.95. The molecule has 1 aromatic heterocycles. The first-order valence-electron chi connectivity index (χ1n) is 7.74. The third-order valence-electron chi connectivity index (χ3n) is 3.60. The fraction of sp³-hybridized carbons (Fsp3) is 0.105. The fourth-order valence-electron chi connectivity index (χ4n) is 2.25. The average molecular weight is 372 g/mol. The molecule has 0 fully saturated rings. The number of carbonyl (C=O) groups is 2. The van der Waals surface area contributed by atoms with Gasteiger partial charge in [-0.3, -0.25) is 9.59 Å². The SMILES string of the molecule is CC(OC(=O)c1cc(=O)c2ccccc2o1)C(=O)Nc1ccc(Cl)cc1. The molecule has 0 spiro atoms. The smallest absolute Gasteiger partial charge is 0.375 e. The highest BCUT2D eigenvalue weighted by Gasteiger charge is 2.21. The third-order valence-corrected chi connectivity index (χ3v) is 3.85. The quantitative estimate of drug-likeness (QED) is 0.708. The maximum atomic E-state index is 12.2. The lowest BCUT2D eigenvalue weighted by molar-refractivity contribution is -0.123. The molecule has 1 atom stereocenters. The van der Waals surface area contributed by atoms with Crippen LogP contribution >= 0.6 is 11.6 Å². The number of amides is 1. The Morgan fingerprint density at radius 1 is 1.12 bits per heavy atom. The van der Waals surface area contributed by atoms with E-state index in [4.69, 9.17) is 20.8 Å². The first kappa shape index (κ1) is 17.7. The van der Waals surface area contributed by atoms with Crippen molar-refractivity contribution in [2.75, 3.05) is 5.32 Å². The van der Waals surface area contributed by atoms with Gasteiger partial charge in [-0.1, -0.05) is 23.7 Å². The van der Waals surface area contributed by atoms with Gasteiger partial charge in [0, 0.05) is 16.8 Å². The van der Waals surface area contributed by atoms with E-state index in [-0.39, 0.29) is 16.8 Å². The molecule has 0 aliphatic rings. The molecule has 1 amide bonds. The molecule has 0 saturated heterocycles. The van der Waals surface area contributed by atoms with Crippen molar-refractivity contribution in [2.24, 2.45) is 0 Å². The molecule has 3 aromatic rings. The molecule has 132 valence electrons. The topological polar surface area (TPSA) is 85.6 Å². The molecule has 2 aromatic carbocycles. The Kier molecular flexibility index (Phi) is 5.04. The second kappa shape index (κ2) is 7.41. The summed E-state index contributed by atoms with van der Waals surface area (Å²) in [6, 6.07) is 14.1. The minimum Gasteiger partial charge on any atom is -0.449 e. The Morgan fingerprint density at radius 3 is 2.54 bits per heavy atom. The Labute approximate surface area is 153 Å². The Hall–Kier alpha value is -3.12. The van der Waals surface area contributed by atoms with Gasteiger partial charge in [0.1, 0.15) is 5.58 Å². The molecular formula is C19H14ClNO5. The van der Waals surface area contributed by atoms with E-state index in [1.165, 1.54) is 6.92 Å². The normalized spacial score (nSPS) is 11.8. The van der Waals surface area contributed by atoms with E-state index in [2.05, 4.69) is 5.32 Å². The van der Waals surface area contributed by atoms with Crippen molar-refractivity contribution in [2.45, 2.75) is 13.0 Å². The van der Waals surface area contributed by atoms with Gasteiger partial charge in [-0.25, -0.2) is 4.79 Å². The molecule has 1 heterocycles. The summed E-state index contributed by atoms with van der Waals surface area (Å²) in [5, 5.41) is 3.49. The molecule has 0 radical (unpaired) electrons. The molecule has 3 rings (SSSR count). The molecule has 26 heavy (non-hydrogen) atoms. The van der Waals surface area contributed by atoms with Gasteiger partial charge in [-0.15, -0.1) is 0 Å². The van der Waals surface area contributed by atoms with Gasteiger partial charge in [0.2, 0.25) is 5.76 Å². The molecule has 7 heteroatoms. The molecule has 6 nitrogen and oxygen atoms in total. The number of hydrogen-bond acceptors (Lipinski definition) is 5. The zero-order valence-electron chi connectivity index (χ0n) is 13.7. The number of benzene rings is 2. The summed E-state index contributed by atoms with van der Waals surface area (Å²) >= 11 is 5.78. The zero-order valence-corrected chi connectivity index (χ0v) is 14.4. The van der Waals surface area contributed by atoms with E-state index >= 15 is 0 Å². The molecule has 0 saturated carbocycles. The fourth-order valence-corrected chi connectivity index (χ4v) is 2.38. The predicted molar refractivity (Wildman–Crippen MR) is 97.4 cm³/mol. The summed E-state index contributed by atoms with van der Waals surface area (Å²) in [6.45, 7) is 1.42. The predicted octanol–water partition coefficient (Wildman–Crippen LogP) is 3.63. The Balaban J connectivity index is 1.71. The molecule has 0 bridgehead atoms. The maximum Gasteiger partial charge on any atom is 0.375 e. The van der Waals surface area contributed by atoms with Gasteiger partial charge in [0.25, 0.3) is 5.91 Å². The molecule has 0 aliphatic carbocycles. The molecule has 0 aliphatic heterocycles. The van der Waals surface area contributed by atoms with Crippen LogP contribution in [0.4, 0.5) is 5.69 Å². The minimum atomic E-state index is -1.09. The van der Waals surface area contributed by atoms with Gasteiger partial charge in [0.05, 0.1) is 5.39 Å². The minimum absolute atomic E-state index is 0.264. The molecule has 1 N–H and O–H groups in total. The standard InChI is InChI=1S/C19H14ClNO5/c1-11(18(23)21-13-8-6-12(20)7-9-13)25-19(24)17-10-15(22)14-4-2-3-5-16(14)26-17/h2-11H,1H3,(H,21,23). The summed E-state index contributed by atoms with van der Waals surface area (Å²) < 4.78 is 10.5. The summed E-state index contributed by atoms with van der Waals surface area (Å²) in [5.41, 5.74) is 0.418. The van der Waals surface area contributed by atoms with E-state index in [1.54, 1.807) is 48.5 Å². The lowest BCUT2D eigenvalue weighted by Gasteiger charge is -2.13. The van der Waals surface area contributed by atoms with Crippen LogP contribution in [0.25, 0.3) is 11.0 Å². The van der Waals surface area contributed by atoms with E-state index in [1.807, 2.05) is 0 Å². The maximum absolute atomic E-state index is 12.2. The zero-order chi connectivity index (χ0) is 18.7. The number of hydrogen-bond donors (Lipinski definition) is 1. The van der Waals surface area contributed by atoms with Crippen LogP contribution < -0.4 is 10.7 Å². The number of rotatable bonds is 4. The largest absolute Gasteiger partial charge is 0.449 e. The number of anilines is 1. The number of para-hydroxylation sites is 1. The van der Waals surface area contributed by atoms with Crippen LogP contribution in [0.1, 0.15) is 17.5 Å². The van der Waals surface area contributed by atoms with Gasteiger partial charge in [0.15, 0.2) is 11.5 Å². The van der Waals surface area contributed by atoms with Crippen LogP contribution in [0.3, 0.4) is 0 Å². The van der Waals surface area contributed by atoms with Crippen molar-refractivity contribution < 1.29 is 18.7 Å². The number of ether oxygens (including phenoxy) is 1. The second-order valence-electron chi connectivity index (χ2n) is 5.51. The van der Waals surface area contributed by atoms with Crippen LogP contribution in [0, 0.1) is 0 Å². The van der Waals surface area contributed by atoms with Crippen molar-refractivity contribution in [1.29, 1.82) is 0 Å². The Morgan fingerprint density at radius 2 is 1.81 bits per heavy atom. The van der Waals surface area contributed by atoms with Crippen LogP contribution in [-0.4, -0.2) is 18.0 Å². The van der Waals surface area contributed by atoms with E-state index in [0.29, 0.717) is 16.1 Å². The lowest BCUT2D eigenvalue weighted by atomic mass is 10.2. The first-order valence-corrected chi connectivity index (χ1v) is 8.12. The van der Waals surface area contributed by atoms with Crippen molar-refractivity contribution in [3.8, 4) is 0 Å². The van der Waals surface area contributed by atoms with Gasteiger partial charge >= 0.3 is 5.97 Å². The van der Waals surface area contributed by atoms with Crippen molar-refractivity contribution in [3.05, 3.63) is 75.6 Å². The first-order chi connectivity index (χ1) is 12.4. The number of carbonyl (C=O) groups excluding carboxylic acids is 2. The highest BCUT2D eigenvalue weighted by molar-refractivity contribution is 6.30. The van der Waals surface area contributed by atoms with Crippen LogP contribution in [0.2, 0.25) is 5.02 Å².